The van der Waals surface area contributed by atoms with Gasteiger partial charge in [-0.3, -0.25) is 14.5 Å². The average Bonchev–Trinajstić information content (AvgIpc) is 3.20. The number of Topliss-reactive ketones (excluding diaryl/α,β-unsaturated/α-hetero) is 1. The first kappa shape index (κ1) is 20.5. The van der Waals surface area contributed by atoms with Gasteiger partial charge in [-0.15, -0.1) is 0 Å². The van der Waals surface area contributed by atoms with E-state index >= 15 is 0 Å². The Labute approximate surface area is 171 Å². The number of nitrogens with zero attached hydrogens (tertiary/aromatic N) is 1. The van der Waals surface area contributed by atoms with E-state index in [2.05, 4.69) is 10.2 Å². The summed E-state index contributed by atoms with van der Waals surface area (Å²) < 4.78 is 26.8. The third-order valence-electron chi connectivity index (χ3n) is 6.94. The molecular formula is C23H30F2N2O2. The minimum Gasteiger partial charge on any atom is -0.326 e. The van der Waals surface area contributed by atoms with Crippen molar-refractivity contribution in [1.29, 1.82) is 0 Å². The van der Waals surface area contributed by atoms with E-state index in [-0.39, 0.29) is 36.0 Å². The number of carbonyl (C=O) groups is 2. The predicted molar refractivity (Wildman–Crippen MR) is 108 cm³/mol. The van der Waals surface area contributed by atoms with Gasteiger partial charge in [0.2, 0.25) is 5.91 Å². The summed E-state index contributed by atoms with van der Waals surface area (Å²) in [6, 6.07) is 6.41. The first-order chi connectivity index (χ1) is 13.8. The number of fused-ring (bicyclic) bond motifs is 1. The Morgan fingerprint density at radius 2 is 1.79 bits per heavy atom. The Balaban J connectivity index is 1.21. The zero-order valence-electron chi connectivity index (χ0n) is 17.0. The number of piperidine rings is 1. The summed E-state index contributed by atoms with van der Waals surface area (Å²) in [5.41, 5.74) is 0.201. The maximum atomic E-state index is 13.4. The molecule has 4 nitrogen and oxygen atoms in total. The maximum absolute atomic E-state index is 13.4. The molecule has 1 aromatic rings. The van der Waals surface area contributed by atoms with Crippen LogP contribution in [0.4, 0.5) is 14.5 Å². The lowest BCUT2D eigenvalue weighted by atomic mass is 9.94. The zero-order valence-corrected chi connectivity index (χ0v) is 17.0. The molecule has 3 fully saturated rings. The summed E-state index contributed by atoms with van der Waals surface area (Å²) in [4.78, 5) is 27.3. The molecule has 29 heavy (non-hydrogen) atoms. The third-order valence-corrected chi connectivity index (χ3v) is 6.94. The van der Waals surface area contributed by atoms with E-state index in [1.807, 2.05) is 0 Å². The van der Waals surface area contributed by atoms with Gasteiger partial charge in [0.1, 0.15) is 5.78 Å². The molecule has 1 aliphatic heterocycles. The molecule has 2 aliphatic carbocycles. The fourth-order valence-corrected chi connectivity index (χ4v) is 5.28. The van der Waals surface area contributed by atoms with Gasteiger partial charge < -0.3 is 5.32 Å². The van der Waals surface area contributed by atoms with Crippen molar-refractivity contribution in [3.05, 3.63) is 29.8 Å². The highest BCUT2D eigenvalue weighted by Crippen LogP contribution is 2.53. The van der Waals surface area contributed by atoms with Gasteiger partial charge in [-0.1, -0.05) is 31.4 Å². The molecule has 1 heterocycles. The fourth-order valence-electron chi connectivity index (χ4n) is 5.28. The highest BCUT2D eigenvalue weighted by molar-refractivity contribution is 5.94. The number of anilines is 1. The van der Waals surface area contributed by atoms with Gasteiger partial charge in [0.15, 0.2) is 0 Å². The van der Waals surface area contributed by atoms with Crippen molar-refractivity contribution in [3.63, 3.8) is 0 Å². The van der Waals surface area contributed by atoms with Gasteiger partial charge in [-0.05, 0) is 36.8 Å². The zero-order chi connectivity index (χ0) is 20.6. The summed E-state index contributed by atoms with van der Waals surface area (Å²) >= 11 is 0. The summed E-state index contributed by atoms with van der Waals surface area (Å²) in [5.74, 6) is -1.97. The van der Waals surface area contributed by atoms with Gasteiger partial charge >= 0.3 is 0 Å². The average molecular weight is 405 g/mol. The fraction of sp³-hybridized carbons (Fsp3) is 0.652. The van der Waals surface area contributed by atoms with Gasteiger partial charge in [0, 0.05) is 56.1 Å². The molecule has 158 valence electrons. The topological polar surface area (TPSA) is 49.4 Å². The van der Waals surface area contributed by atoms with Crippen molar-refractivity contribution < 1.29 is 18.4 Å². The highest BCUT2D eigenvalue weighted by Gasteiger charge is 2.59. The molecule has 1 unspecified atom stereocenters. The molecule has 2 saturated carbocycles. The maximum Gasteiger partial charge on any atom is 0.270 e. The van der Waals surface area contributed by atoms with Crippen LogP contribution in [-0.2, 0) is 15.5 Å². The number of benzene rings is 1. The molecule has 0 spiro atoms. The van der Waals surface area contributed by atoms with Crippen molar-refractivity contribution >= 4 is 17.4 Å². The molecule has 4 rings (SSSR count). The molecule has 1 saturated heterocycles. The number of hydrogen-bond donors (Lipinski definition) is 1. The van der Waals surface area contributed by atoms with Crippen LogP contribution in [0.1, 0.15) is 57.4 Å². The normalized spacial score (nSPS) is 27.5. The van der Waals surface area contributed by atoms with E-state index in [1.54, 1.807) is 6.07 Å². The van der Waals surface area contributed by atoms with Crippen LogP contribution in [0.25, 0.3) is 0 Å². The van der Waals surface area contributed by atoms with E-state index in [0.29, 0.717) is 23.6 Å². The van der Waals surface area contributed by atoms with Crippen molar-refractivity contribution in [2.75, 3.05) is 18.4 Å². The molecular weight excluding hydrogens is 374 g/mol. The smallest absolute Gasteiger partial charge is 0.270 e. The minimum atomic E-state index is -2.95. The summed E-state index contributed by atoms with van der Waals surface area (Å²) in [5, 5.41) is 2.64. The second kappa shape index (κ2) is 8.13. The van der Waals surface area contributed by atoms with Crippen LogP contribution in [0.15, 0.2) is 24.3 Å². The Morgan fingerprint density at radius 3 is 2.45 bits per heavy atom. The Bertz CT molecular complexity index is 758. The molecule has 1 N–H and O–H groups in total. The van der Waals surface area contributed by atoms with Crippen LogP contribution in [0.3, 0.4) is 0 Å². The monoisotopic (exact) mass is 404 g/mol. The number of ketones is 1. The number of nitrogens with one attached hydrogen (secondary N) is 1. The molecule has 1 amide bonds. The van der Waals surface area contributed by atoms with E-state index in [9.17, 15) is 18.4 Å². The van der Waals surface area contributed by atoms with Crippen molar-refractivity contribution in [2.24, 2.45) is 17.8 Å². The number of likely N-dealkylation sites (tertiary alicyclic amines) is 1. The quantitative estimate of drug-likeness (QED) is 0.723. The third kappa shape index (κ3) is 4.68. The summed E-state index contributed by atoms with van der Waals surface area (Å²) in [7, 11) is 0. The molecule has 3 aliphatic rings. The second-order valence-electron chi connectivity index (χ2n) is 9.08. The Hall–Kier alpha value is -1.82. The molecule has 0 bridgehead atoms. The van der Waals surface area contributed by atoms with Crippen LogP contribution < -0.4 is 5.32 Å². The SMILES string of the molecule is CC(F)(F)c1cccc(NC(=O)CCC(=O)C2[C@H]3CN(C4CCCCC4)C[C@@H]23)c1. The van der Waals surface area contributed by atoms with Crippen LogP contribution >= 0.6 is 0 Å². The van der Waals surface area contributed by atoms with Crippen molar-refractivity contribution in [2.45, 2.75) is 63.8 Å². The molecule has 6 heteroatoms. The number of hydrogen-bond acceptors (Lipinski definition) is 3. The second-order valence-corrected chi connectivity index (χ2v) is 9.08. The first-order valence-electron chi connectivity index (χ1n) is 10.9. The van der Waals surface area contributed by atoms with Crippen LogP contribution in [0.5, 0.6) is 0 Å². The van der Waals surface area contributed by atoms with Crippen molar-refractivity contribution in [1.82, 2.24) is 4.90 Å². The Kier molecular flexibility index (Phi) is 5.74. The number of halogens is 2. The lowest BCUT2D eigenvalue weighted by molar-refractivity contribution is -0.124. The van der Waals surface area contributed by atoms with E-state index in [1.165, 1.54) is 50.3 Å². The Morgan fingerprint density at radius 1 is 1.10 bits per heavy atom. The van der Waals surface area contributed by atoms with Crippen LogP contribution in [0.2, 0.25) is 0 Å². The number of carbonyl (C=O) groups excluding carboxylic acids is 2. The van der Waals surface area contributed by atoms with Gasteiger partial charge in [-0.25, -0.2) is 8.78 Å². The van der Waals surface area contributed by atoms with Gasteiger partial charge in [0.05, 0.1) is 0 Å². The number of alkyl halides is 2. The lowest BCUT2D eigenvalue weighted by Gasteiger charge is -2.32. The minimum absolute atomic E-state index is 0.105. The largest absolute Gasteiger partial charge is 0.326 e. The molecule has 0 radical (unpaired) electrons. The van der Waals surface area contributed by atoms with E-state index in [4.69, 9.17) is 0 Å². The first-order valence-corrected chi connectivity index (χ1v) is 10.9. The predicted octanol–water partition coefficient (Wildman–Crippen LogP) is 4.60. The summed E-state index contributed by atoms with van der Waals surface area (Å²) in [6.45, 7) is 2.90. The number of amides is 1. The van der Waals surface area contributed by atoms with Gasteiger partial charge in [0.25, 0.3) is 5.92 Å². The van der Waals surface area contributed by atoms with Crippen LogP contribution in [-0.4, -0.2) is 35.7 Å². The van der Waals surface area contributed by atoms with Crippen LogP contribution in [0, 0.1) is 17.8 Å². The van der Waals surface area contributed by atoms with Crippen molar-refractivity contribution in [3.8, 4) is 0 Å². The van der Waals surface area contributed by atoms with Gasteiger partial charge in [-0.2, -0.15) is 0 Å². The molecule has 3 atom stereocenters. The van der Waals surface area contributed by atoms with E-state index < -0.39 is 5.92 Å². The molecule has 1 aromatic carbocycles. The standard InChI is InChI=1S/C23H30F2N2O2/c1-23(24,25)15-6-5-7-16(12-15)26-21(29)11-10-20(28)22-18-13-27(14-19(18)22)17-8-3-2-4-9-17/h5-7,12,17-19,22H,2-4,8-11,13-14H2,1H3,(H,26,29)/t18-,19+,22?. The molecule has 0 aromatic heterocycles. The lowest BCUT2D eigenvalue weighted by Crippen LogP contribution is -2.37. The number of rotatable bonds is 7. The highest BCUT2D eigenvalue weighted by atomic mass is 19.3. The van der Waals surface area contributed by atoms with E-state index in [0.717, 1.165) is 20.0 Å². The summed E-state index contributed by atoms with van der Waals surface area (Å²) in [6.07, 6.45) is 6.93.